The zero-order chi connectivity index (χ0) is 19.2. The van der Waals surface area contributed by atoms with E-state index in [2.05, 4.69) is 20.1 Å². The minimum absolute atomic E-state index is 0.416. The molecule has 0 aromatic carbocycles. The smallest absolute Gasteiger partial charge is 0.213 e. The van der Waals surface area contributed by atoms with Crippen molar-refractivity contribution in [1.29, 1.82) is 0 Å². The van der Waals surface area contributed by atoms with Gasteiger partial charge in [-0.25, -0.2) is 9.97 Å². The van der Waals surface area contributed by atoms with Crippen LogP contribution in [0.3, 0.4) is 0 Å². The fraction of sp³-hybridized carbons (Fsp3) is 0.143. The van der Waals surface area contributed by atoms with E-state index in [0.29, 0.717) is 30.5 Å². The molecule has 0 saturated carbocycles. The molecule has 140 valence electrons. The quantitative estimate of drug-likeness (QED) is 0.530. The number of hydrogen-bond donors (Lipinski definition) is 1. The zero-order valence-electron chi connectivity index (χ0n) is 15.2. The van der Waals surface area contributed by atoms with E-state index in [1.165, 1.54) is 0 Å². The predicted molar refractivity (Wildman–Crippen MR) is 105 cm³/mol. The Morgan fingerprint density at radius 1 is 0.929 bits per heavy atom. The van der Waals surface area contributed by atoms with Gasteiger partial charge in [0.2, 0.25) is 5.88 Å². The van der Waals surface area contributed by atoms with Crippen molar-refractivity contribution in [1.82, 2.24) is 20.1 Å². The van der Waals surface area contributed by atoms with Gasteiger partial charge in [-0.15, -0.1) is 0 Å². The molecule has 0 unspecified atom stereocenters. The molecule has 2 N–H and O–H groups in total. The Morgan fingerprint density at radius 3 is 2.64 bits per heavy atom. The van der Waals surface area contributed by atoms with Crippen LogP contribution in [0, 0.1) is 0 Å². The standard InChI is InChI=1S/C21H19N5O2/c22-21-18(5-3-10-24-21)19-13-17(26-28-19)12-15-6-7-20(25-14-15)27-11-8-16-4-1-2-9-23-16/h1-7,9-10,13-14H,8,11-12H2,(H2,22,24). The molecule has 0 fully saturated rings. The minimum Gasteiger partial charge on any atom is -0.477 e. The molecule has 0 amide bonds. The first-order valence-corrected chi connectivity index (χ1v) is 8.92. The third kappa shape index (κ3) is 4.32. The van der Waals surface area contributed by atoms with Gasteiger partial charge in [-0.1, -0.05) is 17.3 Å². The highest BCUT2D eigenvalue weighted by atomic mass is 16.5. The fourth-order valence-electron chi connectivity index (χ4n) is 2.76. The summed E-state index contributed by atoms with van der Waals surface area (Å²) in [7, 11) is 0. The van der Waals surface area contributed by atoms with Crippen molar-refractivity contribution < 1.29 is 9.26 Å². The summed E-state index contributed by atoms with van der Waals surface area (Å²) < 4.78 is 11.1. The van der Waals surface area contributed by atoms with E-state index in [1.807, 2.05) is 48.5 Å². The maximum Gasteiger partial charge on any atom is 0.213 e. The van der Waals surface area contributed by atoms with Gasteiger partial charge in [0.05, 0.1) is 17.9 Å². The van der Waals surface area contributed by atoms with Crippen molar-refractivity contribution in [3.05, 3.63) is 84.1 Å². The molecule has 4 heterocycles. The number of pyridine rings is 3. The van der Waals surface area contributed by atoms with Gasteiger partial charge >= 0.3 is 0 Å². The first kappa shape index (κ1) is 17.7. The molecular weight excluding hydrogens is 354 g/mol. The number of hydrogen-bond acceptors (Lipinski definition) is 7. The summed E-state index contributed by atoms with van der Waals surface area (Å²) in [6.07, 6.45) is 6.54. The summed E-state index contributed by atoms with van der Waals surface area (Å²) in [5.41, 5.74) is 9.41. The first-order chi connectivity index (χ1) is 13.8. The van der Waals surface area contributed by atoms with Crippen LogP contribution in [0.15, 0.2) is 71.6 Å². The molecule has 0 aliphatic rings. The van der Waals surface area contributed by atoms with E-state index >= 15 is 0 Å². The predicted octanol–water partition coefficient (Wildman–Crippen LogP) is 3.32. The molecule has 7 heteroatoms. The van der Waals surface area contributed by atoms with Crippen LogP contribution in [-0.2, 0) is 12.8 Å². The molecule has 0 saturated heterocycles. The number of nitrogens with zero attached hydrogens (tertiary/aromatic N) is 4. The van der Waals surface area contributed by atoms with Crippen molar-refractivity contribution in [2.75, 3.05) is 12.3 Å². The first-order valence-electron chi connectivity index (χ1n) is 8.92. The van der Waals surface area contributed by atoms with Crippen LogP contribution in [0.4, 0.5) is 5.82 Å². The number of ether oxygens (including phenoxy) is 1. The van der Waals surface area contributed by atoms with E-state index in [0.717, 1.165) is 28.9 Å². The maximum absolute atomic E-state index is 5.88. The van der Waals surface area contributed by atoms with Crippen LogP contribution in [0.25, 0.3) is 11.3 Å². The van der Waals surface area contributed by atoms with Gasteiger partial charge in [-0.2, -0.15) is 0 Å². The van der Waals surface area contributed by atoms with Crippen LogP contribution in [0.5, 0.6) is 5.88 Å². The summed E-state index contributed by atoms with van der Waals surface area (Å²) >= 11 is 0. The lowest BCUT2D eigenvalue weighted by atomic mass is 10.1. The Bertz CT molecular complexity index is 1030. The molecule has 0 radical (unpaired) electrons. The topological polar surface area (TPSA) is 100.0 Å². The molecule has 0 bridgehead atoms. The van der Waals surface area contributed by atoms with Gasteiger partial charge < -0.3 is 15.0 Å². The molecule has 4 rings (SSSR count). The minimum atomic E-state index is 0.416. The Kier molecular flexibility index (Phi) is 5.24. The fourth-order valence-corrected chi connectivity index (χ4v) is 2.76. The number of nitrogen functional groups attached to an aromatic ring is 1. The Balaban J connectivity index is 1.34. The third-order valence-electron chi connectivity index (χ3n) is 4.18. The summed E-state index contributed by atoms with van der Waals surface area (Å²) in [5.74, 6) is 1.60. The molecule has 0 atom stereocenters. The number of anilines is 1. The van der Waals surface area contributed by atoms with Crippen LogP contribution < -0.4 is 10.5 Å². The van der Waals surface area contributed by atoms with Crippen LogP contribution >= 0.6 is 0 Å². The average molecular weight is 373 g/mol. The SMILES string of the molecule is Nc1ncccc1-c1cc(Cc2ccc(OCCc3ccccn3)nc2)no1. The van der Waals surface area contributed by atoms with Gasteiger partial charge in [0.15, 0.2) is 5.76 Å². The van der Waals surface area contributed by atoms with E-state index in [1.54, 1.807) is 18.6 Å². The van der Waals surface area contributed by atoms with Crippen LogP contribution in [0.1, 0.15) is 17.0 Å². The van der Waals surface area contributed by atoms with Crippen LogP contribution in [-0.4, -0.2) is 26.7 Å². The highest BCUT2D eigenvalue weighted by molar-refractivity contribution is 5.69. The maximum atomic E-state index is 5.88. The monoisotopic (exact) mass is 373 g/mol. The lowest BCUT2D eigenvalue weighted by Crippen LogP contribution is -2.04. The lowest BCUT2D eigenvalue weighted by molar-refractivity contribution is 0.308. The van der Waals surface area contributed by atoms with E-state index in [4.69, 9.17) is 15.0 Å². The van der Waals surface area contributed by atoms with Gasteiger partial charge in [-0.05, 0) is 29.8 Å². The number of nitrogens with two attached hydrogens (primary N) is 1. The molecule has 7 nitrogen and oxygen atoms in total. The van der Waals surface area contributed by atoms with Gasteiger partial charge in [-0.3, -0.25) is 4.98 Å². The van der Waals surface area contributed by atoms with Crippen LogP contribution in [0.2, 0.25) is 0 Å². The molecular formula is C21H19N5O2. The van der Waals surface area contributed by atoms with Crippen molar-refractivity contribution in [2.24, 2.45) is 0 Å². The van der Waals surface area contributed by atoms with Crippen molar-refractivity contribution in [3.63, 3.8) is 0 Å². The highest BCUT2D eigenvalue weighted by Crippen LogP contribution is 2.25. The molecule has 4 aromatic heterocycles. The molecule has 4 aromatic rings. The third-order valence-corrected chi connectivity index (χ3v) is 4.18. The Labute approximate surface area is 162 Å². The Hall–Kier alpha value is -3.74. The zero-order valence-corrected chi connectivity index (χ0v) is 15.2. The van der Waals surface area contributed by atoms with E-state index in [-0.39, 0.29) is 0 Å². The normalized spacial score (nSPS) is 10.7. The molecule has 0 aliphatic carbocycles. The average Bonchev–Trinajstić information content (AvgIpc) is 3.19. The van der Waals surface area contributed by atoms with Gasteiger partial charge in [0.25, 0.3) is 0 Å². The number of rotatable bonds is 7. The second kappa shape index (κ2) is 8.30. The lowest BCUT2D eigenvalue weighted by Gasteiger charge is -2.05. The van der Waals surface area contributed by atoms with Crippen molar-refractivity contribution in [2.45, 2.75) is 12.8 Å². The van der Waals surface area contributed by atoms with Gasteiger partial charge in [0.1, 0.15) is 5.82 Å². The largest absolute Gasteiger partial charge is 0.477 e. The van der Waals surface area contributed by atoms with E-state index < -0.39 is 0 Å². The summed E-state index contributed by atoms with van der Waals surface area (Å²) in [6, 6.07) is 15.2. The number of aromatic nitrogens is 4. The molecule has 0 spiro atoms. The van der Waals surface area contributed by atoms with Crippen molar-refractivity contribution in [3.8, 4) is 17.2 Å². The molecule has 0 aliphatic heterocycles. The summed E-state index contributed by atoms with van der Waals surface area (Å²) in [5, 5.41) is 4.11. The molecule has 28 heavy (non-hydrogen) atoms. The second-order valence-electron chi connectivity index (χ2n) is 6.22. The Morgan fingerprint density at radius 2 is 1.86 bits per heavy atom. The summed E-state index contributed by atoms with van der Waals surface area (Å²) in [6.45, 7) is 0.530. The van der Waals surface area contributed by atoms with Crippen molar-refractivity contribution >= 4 is 5.82 Å². The van der Waals surface area contributed by atoms with Gasteiger partial charge in [0, 0.05) is 49.3 Å². The summed E-state index contributed by atoms with van der Waals surface area (Å²) in [4.78, 5) is 12.7. The second-order valence-corrected chi connectivity index (χ2v) is 6.22. The highest BCUT2D eigenvalue weighted by Gasteiger charge is 2.11. The van der Waals surface area contributed by atoms with E-state index in [9.17, 15) is 0 Å².